The molecule has 0 saturated carbocycles. The van der Waals surface area contributed by atoms with Crippen molar-refractivity contribution in [3.05, 3.63) is 47.6 Å². The number of aromatic nitrogens is 2. The van der Waals surface area contributed by atoms with Crippen LogP contribution in [-0.2, 0) is 12.8 Å². The number of hydrogen-bond donors (Lipinski definition) is 1. The Kier molecular flexibility index (Phi) is 5.10. The van der Waals surface area contributed by atoms with Gasteiger partial charge in [-0.2, -0.15) is 4.98 Å². The van der Waals surface area contributed by atoms with E-state index in [1.165, 1.54) is 5.56 Å². The molecular formula is C15H21N3O. The summed E-state index contributed by atoms with van der Waals surface area (Å²) in [5, 5.41) is 4.04. The lowest BCUT2D eigenvalue weighted by Crippen LogP contribution is -2.02. The van der Waals surface area contributed by atoms with E-state index >= 15 is 0 Å². The van der Waals surface area contributed by atoms with Crippen LogP contribution in [0.15, 0.2) is 34.9 Å². The third kappa shape index (κ3) is 4.17. The van der Waals surface area contributed by atoms with Crippen LogP contribution in [0.3, 0.4) is 0 Å². The normalized spacial score (nSPS) is 12.5. The van der Waals surface area contributed by atoms with Gasteiger partial charge in [-0.3, -0.25) is 0 Å². The predicted molar refractivity (Wildman–Crippen MR) is 74.9 cm³/mol. The van der Waals surface area contributed by atoms with Gasteiger partial charge in [-0.15, -0.1) is 0 Å². The fourth-order valence-electron chi connectivity index (χ4n) is 2.02. The zero-order valence-corrected chi connectivity index (χ0v) is 11.4. The van der Waals surface area contributed by atoms with Crippen molar-refractivity contribution < 1.29 is 4.52 Å². The highest BCUT2D eigenvalue weighted by molar-refractivity contribution is 5.15. The van der Waals surface area contributed by atoms with E-state index in [4.69, 9.17) is 10.3 Å². The molecule has 102 valence electrons. The summed E-state index contributed by atoms with van der Waals surface area (Å²) in [5.74, 6) is 1.82. The van der Waals surface area contributed by atoms with E-state index in [0.29, 0.717) is 12.5 Å². The fraction of sp³-hybridized carbons (Fsp3) is 0.467. The summed E-state index contributed by atoms with van der Waals surface area (Å²) in [4.78, 5) is 4.46. The third-order valence-electron chi connectivity index (χ3n) is 3.23. The summed E-state index contributed by atoms with van der Waals surface area (Å²) in [5.41, 5.74) is 6.80. The van der Waals surface area contributed by atoms with Gasteiger partial charge in [0.25, 0.3) is 0 Å². The molecule has 0 amide bonds. The van der Waals surface area contributed by atoms with E-state index in [-0.39, 0.29) is 0 Å². The molecule has 0 aliphatic rings. The molecule has 4 heteroatoms. The zero-order chi connectivity index (χ0) is 13.5. The van der Waals surface area contributed by atoms with Gasteiger partial charge < -0.3 is 10.3 Å². The molecule has 0 bridgehead atoms. The molecule has 4 nitrogen and oxygen atoms in total. The van der Waals surface area contributed by atoms with Crippen molar-refractivity contribution in [2.45, 2.75) is 38.5 Å². The summed E-state index contributed by atoms with van der Waals surface area (Å²) in [6.45, 7) is 2.81. The lowest BCUT2D eigenvalue weighted by Gasteiger charge is -2.03. The second-order valence-corrected chi connectivity index (χ2v) is 4.87. The van der Waals surface area contributed by atoms with Gasteiger partial charge in [-0.1, -0.05) is 42.4 Å². The maximum Gasteiger partial charge on any atom is 0.229 e. The number of aryl methyl sites for hydroxylation is 2. The first-order valence-electron chi connectivity index (χ1n) is 6.86. The summed E-state index contributed by atoms with van der Waals surface area (Å²) in [7, 11) is 0. The van der Waals surface area contributed by atoms with E-state index in [9.17, 15) is 0 Å². The first kappa shape index (κ1) is 13.7. The maximum absolute atomic E-state index is 5.51. The Hall–Kier alpha value is -1.68. The van der Waals surface area contributed by atoms with Crippen LogP contribution in [0.25, 0.3) is 0 Å². The minimum Gasteiger partial charge on any atom is -0.339 e. The number of nitrogens with two attached hydrogens (primary N) is 1. The molecule has 1 aromatic carbocycles. The number of hydrogen-bond acceptors (Lipinski definition) is 4. The van der Waals surface area contributed by atoms with Crippen molar-refractivity contribution in [3.8, 4) is 0 Å². The lowest BCUT2D eigenvalue weighted by molar-refractivity contribution is 0.348. The molecule has 1 heterocycles. The van der Waals surface area contributed by atoms with E-state index in [0.717, 1.165) is 37.4 Å². The van der Waals surface area contributed by atoms with Crippen LogP contribution in [0.2, 0.25) is 0 Å². The van der Waals surface area contributed by atoms with Crippen molar-refractivity contribution >= 4 is 0 Å². The van der Waals surface area contributed by atoms with Gasteiger partial charge in [0.05, 0.1) is 0 Å². The largest absolute Gasteiger partial charge is 0.339 e. The highest BCUT2D eigenvalue weighted by Crippen LogP contribution is 2.18. The number of benzene rings is 1. The Balaban J connectivity index is 1.87. The SMILES string of the molecule is CC(CCCN)c1nc(CCc2ccccc2)no1. The van der Waals surface area contributed by atoms with E-state index in [2.05, 4.69) is 29.2 Å². The molecule has 2 rings (SSSR count). The molecule has 2 N–H and O–H groups in total. The summed E-state index contributed by atoms with van der Waals surface area (Å²) < 4.78 is 5.31. The van der Waals surface area contributed by atoms with Crippen LogP contribution >= 0.6 is 0 Å². The molecule has 0 saturated heterocycles. The topological polar surface area (TPSA) is 64.9 Å². The molecule has 0 aliphatic heterocycles. The lowest BCUT2D eigenvalue weighted by atomic mass is 10.1. The van der Waals surface area contributed by atoms with Crippen molar-refractivity contribution in [2.24, 2.45) is 5.73 Å². The average Bonchev–Trinajstić information content (AvgIpc) is 2.92. The first-order valence-corrected chi connectivity index (χ1v) is 6.86. The summed E-state index contributed by atoms with van der Waals surface area (Å²) in [6.07, 6.45) is 3.74. The minimum absolute atomic E-state index is 0.293. The molecule has 0 radical (unpaired) electrons. The Morgan fingerprint density at radius 2 is 2.00 bits per heavy atom. The van der Waals surface area contributed by atoms with E-state index in [1.54, 1.807) is 0 Å². The fourth-order valence-corrected chi connectivity index (χ4v) is 2.02. The van der Waals surface area contributed by atoms with Crippen molar-refractivity contribution in [3.63, 3.8) is 0 Å². The van der Waals surface area contributed by atoms with Crippen LogP contribution in [0.1, 0.15) is 43.0 Å². The third-order valence-corrected chi connectivity index (χ3v) is 3.23. The monoisotopic (exact) mass is 259 g/mol. The van der Waals surface area contributed by atoms with Crippen LogP contribution in [0, 0.1) is 0 Å². The van der Waals surface area contributed by atoms with Gasteiger partial charge in [-0.05, 0) is 31.4 Å². The number of nitrogens with zero attached hydrogens (tertiary/aromatic N) is 2. The van der Waals surface area contributed by atoms with Gasteiger partial charge in [-0.25, -0.2) is 0 Å². The standard InChI is InChI=1S/C15H21N3O/c1-12(6-5-11-16)15-17-14(18-19-15)10-9-13-7-3-2-4-8-13/h2-4,7-8,12H,5-6,9-11,16H2,1H3. The smallest absolute Gasteiger partial charge is 0.229 e. The van der Waals surface area contributed by atoms with Crippen LogP contribution in [-0.4, -0.2) is 16.7 Å². The Bertz CT molecular complexity index is 481. The predicted octanol–water partition coefficient (Wildman–Crippen LogP) is 2.70. The molecular weight excluding hydrogens is 238 g/mol. The van der Waals surface area contributed by atoms with Crippen LogP contribution < -0.4 is 5.73 Å². The maximum atomic E-state index is 5.51. The quantitative estimate of drug-likeness (QED) is 0.830. The minimum atomic E-state index is 0.293. The van der Waals surface area contributed by atoms with Gasteiger partial charge in [0.15, 0.2) is 5.82 Å². The van der Waals surface area contributed by atoms with Crippen LogP contribution in [0.5, 0.6) is 0 Å². The van der Waals surface area contributed by atoms with Crippen LogP contribution in [0.4, 0.5) is 0 Å². The van der Waals surface area contributed by atoms with E-state index < -0.39 is 0 Å². The first-order chi connectivity index (χ1) is 9.29. The van der Waals surface area contributed by atoms with Gasteiger partial charge in [0.2, 0.25) is 5.89 Å². The Labute approximate surface area is 114 Å². The van der Waals surface area contributed by atoms with Crippen molar-refractivity contribution in [1.29, 1.82) is 0 Å². The molecule has 19 heavy (non-hydrogen) atoms. The molecule has 1 unspecified atom stereocenters. The van der Waals surface area contributed by atoms with Crippen molar-refractivity contribution in [2.75, 3.05) is 6.54 Å². The highest BCUT2D eigenvalue weighted by atomic mass is 16.5. The molecule has 1 aromatic heterocycles. The Morgan fingerprint density at radius 1 is 1.21 bits per heavy atom. The average molecular weight is 259 g/mol. The number of rotatable bonds is 7. The van der Waals surface area contributed by atoms with E-state index in [1.807, 2.05) is 18.2 Å². The van der Waals surface area contributed by atoms with Gasteiger partial charge >= 0.3 is 0 Å². The molecule has 1 atom stereocenters. The molecule has 2 aromatic rings. The zero-order valence-electron chi connectivity index (χ0n) is 11.4. The van der Waals surface area contributed by atoms with Gasteiger partial charge in [0.1, 0.15) is 0 Å². The molecule has 0 fully saturated rings. The highest BCUT2D eigenvalue weighted by Gasteiger charge is 2.13. The summed E-state index contributed by atoms with van der Waals surface area (Å²) in [6, 6.07) is 10.3. The second kappa shape index (κ2) is 7.04. The second-order valence-electron chi connectivity index (χ2n) is 4.87. The van der Waals surface area contributed by atoms with Gasteiger partial charge in [0, 0.05) is 12.3 Å². The van der Waals surface area contributed by atoms with Crippen molar-refractivity contribution in [1.82, 2.24) is 10.1 Å². The summed E-state index contributed by atoms with van der Waals surface area (Å²) >= 11 is 0. The molecule has 0 aliphatic carbocycles. The Morgan fingerprint density at radius 3 is 2.74 bits per heavy atom. The molecule has 0 spiro atoms.